The fraction of sp³-hybridized carbons (Fsp3) is 0.241. The van der Waals surface area contributed by atoms with Gasteiger partial charge in [-0.25, -0.2) is 0 Å². The van der Waals surface area contributed by atoms with Crippen LogP contribution in [0.25, 0.3) is 21.9 Å². The van der Waals surface area contributed by atoms with Gasteiger partial charge in [0.2, 0.25) is 0 Å². The number of nitrogens with zero attached hydrogens (tertiary/aromatic N) is 1. The van der Waals surface area contributed by atoms with Crippen molar-refractivity contribution in [3.63, 3.8) is 0 Å². The third-order valence-electron chi connectivity index (χ3n) is 6.69. The third-order valence-corrected chi connectivity index (χ3v) is 6.69. The van der Waals surface area contributed by atoms with Crippen molar-refractivity contribution in [2.24, 2.45) is 0 Å². The van der Waals surface area contributed by atoms with Crippen LogP contribution in [0.4, 0.5) is 0 Å². The van der Waals surface area contributed by atoms with E-state index in [1.807, 2.05) is 54.6 Å². The van der Waals surface area contributed by atoms with E-state index in [9.17, 15) is 10.2 Å². The molecule has 1 aliphatic rings. The summed E-state index contributed by atoms with van der Waals surface area (Å²) in [5, 5.41) is 22.1. The van der Waals surface area contributed by atoms with Gasteiger partial charge in [0.15, 0.2) is 5.72 Å². The number of piperidine rings is 1. The minimum absolute atomic E-state index is 0.245. The molecule has 4 aromatic rings. The highest BCUT2D eigenvalue weighted by Gasteiger charge is 2.45. The van der Waals surface area contributed by atoms with Gasteiger partial charge in [-0.15, -0.1) is 0 Å². The van der Waals surface area contributed by atoms with Crippen LogP contribution in [0.2, 0.25) is 0 Å². The Hall–Kier alpha value is -3.50. The Morgan fingerprint density at radius 2 is 1.61 bits per heavy atom. The lowest BCUT2D eigenvalue weighted by Gasteiger charge is -2.48. The minimum atomic E-state index is -0.655. The van der Waals surface area contributed by atoms with E-state index in [-0.39, 0.29) is 11.5 Å². The molecule has 0 aliphatic carbocycles. The first kappa shape index (κ1) is 21.4. The molecule has 1 aliphatic heterocycles. The monoisotopic (exact) mass is 439 g/mol. The second kappa shape index (κ2) is 8.80. The Balaban J connectivity index is 1.83. The van der Waals surface area contributed by atoms with Crippen LogP contribution in [0, 0.1) is 0 Å². The molecule has 1 unspecified atom stereocenters. The average molecular weight is 440 g/mol. The molecule has 33 heavy (non-hydrogen) atoms. The number of rotatable bonds is 5. The molecule has 4 heteroatoms. The van der Waals surface area contributed by atoms with E-state index < -0.39 is 5.72 Å². The molecule has 5 rings (SSSR count). The Labute approximate surface area is 194 Å². The zero-order chi connectivity index (χ0) is 22.8. The average Bonchev–Trinajstić information content (AvgIpc) is 2.84. The Morgan fingerprint density at radius 3 is 2.36 bits per heavy atom. The van der Waals surface area contributed by atoms with E-state index in [2.05, 4.69) is 24.0 Å². The molecule has 1 heterocycles. The summed E-state index contributed by atoms with van der Waals surface area (Å²) in [6.07, 6.45) is 3.06. The van der Waals surface area contributed by atoms with Gasteiger partial charge in [-0.05, 0) is 77.7 Å². The van der Waals surface area contributed by atoms with Crippen LogP contribution in [-0.4, -0.2) is 28.2 Å². The highest BCUT2D eigenvalue weighted by molar-refractivity contribution is 5.93. The summed E-state index contributed by atoms with van der Waals surface area (Å²) in [5.74, 6) is 1.33. The zero-order valence-corrected chi connectivity index (χ0v) is 18.9. The Bertz CT molecular complexity index is 1250. The summed E-state index contributed by atoms with van der Waals surface area (Å²) in [4.78, 5) is 2.44. The van der Waals surface area contributed by atoms with Gasteiger partial charge in [0, 0.05) is 18.5 Å². The van der Waals surface area contributed by atoms with Crippen LogP contribution in [-0.2, 0) is 5.72 Å². The van der Waals surface area contributed by atoms with E-state index in [0.717, 1.165) is 65.6 Å². The molecular weight excluding hydrogens is 410 g/mol. The van der Waals surface area contributed by atoms with Crippen LogP contribution in [0.5, 0.6) is 17.2 Å². The molecule has 1 saturated heterocycles. The van der Waals surface area contributed by atoms with Crippen LogP contribution in [0.3, 0.4) is 0 Å². The van der Waals surface area contributed by atoms with Crippen LogP contribution in [0.1, 0.15) is 31.7 Å². The Morgan fingerprint density at radius 1 is 0.848 bits per heavy atom. The molecule has 4 nitrogen and oxygen atoms in total. The maximum atomic E-state index is 10.2. The van der Waals surface area contributed by atoms with Crippen molar-refractivity contribution in [3.05, 3.63) is 90.5 Å². The number of likely N-dealkylation sites (tertiary alicyclic amines) is 1. The van der Waals surface area contributed by atoms with Gasteiger partial charge in [0.05, 0.1) is 0 Å². The van der Waals surface area contributed by atoms with Crippen molar-refractivity contribution in [1.29, 1.82) is 0 Å². The number of fused-ring (bicyclic) bond motifs is 1. The van der Waals surface area contributed by atoms with Crippen molar-refractivity contribution < 1.29 is 14.9 Å². The largest absolute Gasteiger partial charge is 0.508 e. The summed E-state index contributed by atoms with van der Waals surface area (Å²) in [6.45, 7) is 3.99. The number of phenolic OH excluding ortho intramolecular Hbond substituents is 2. The van der Waals surface area contributed by atoms with E-state index in [0.29, 0.717) is 0 Å². The number of hydrogen-bond donors (Lipinski definition) is 2. The van der Waals surface area contributed by atoms with Crippen LogP contribution >= 0.6 is 0 Å². The van der Waals surface area contributed by atoms with E-state index >= 15 is 0 Å². The number of hydrogen-bond acceptors (Lipinski definition) is 4. The lowest BCUT2D eigenvalue weighted by molar-refractivity contribution is -0.114. The predicted molar refractivity (Wildman–Crippen MR) is 133 cm³/mol. The summed E-state index contributed by atoms with van der Waals surface area (Å²) in [7, 11) is 0. The lowest BCUT2D eigenvalue weighted by Crippen LogP contribution is -2.53. The first-order chi connectivity index (χ1) is 16.1. The predicted octanol–water partition coefficient (Wildman–Crippen LogP) is 6.66. The standard InChI is InChI=1S/C29H29NO3/c1-2-30-19-7-6-18-29(30,33-25-8-4-3-5-9-25)28-26(21-10-13-23(31)14-11-21)16-12-22-20-24(32)15-17-27(22)28/h3-5,8-17,20,31-32H,2,6-7,18-19H2,1H3. The van der Waals surface area contributed by atoms with Gasteiger partial charge in [0.25, 0.3) is 0 Å². The van der Waals surface area contributed by atoms with E-state index in [1.54, 1.807) is 18.2 Å². The smallest absolute Gasteiger partial charge is 0.190 e. The molecule has 4 aromatic carbocycles. The molecular formula is C29H29NO3. The van der Waals surface area contributed by atoms with Crippen molar-refractivity contribution in [2.45, 2.75) is 31.9 Å². The molecule has 2 N–H and O–H groups in total. The van der Waals surface area contributed by atoms with Crippen LogP contribution in [0.15, 0.2) is 84.9 Å². The molecule has 1 fully saturated rings. The summed E-state index contributed by atoms with van der Waals surface area (Å²) < 4.78 is 6.97. The highest BCUT2D eigenvalue weighted by atomic mass is 16.5. The molecule has 0 amide bonds. The minimum Gasteiger partial charge on any atom is -0.508 e. The summed E-state index contributed by atoms with van der Waals surface area (Å²) in [6, 6.07) is 27.1. The first-order valence-corrected chi connectivity index (χ1v) is 11.7. The number of ether oxygens (including phenoxy) is 1. The van der Waals surface area contributed by atoms with Gasteiger partial charge < -0.3 is 14.9 Å². The van der Waals surface area contributed by atoms with Gasteiger partial charge in [-0.2, -0.15) is 0 Å². The highest BCUT2D eigenvalue weighted by Crippen LogP contribution is 2.47. The van der Waals surface area contributed by atoms with Gasteiger partial charge in [-0.1, -0.05) is 55.5 Å². The summed E-state index contributed by atoms with van der Waals surface area (Å²) in [5.41, 5.74) is 2.55. The Kier molecular flexibility index (Phi) is 5.69. The van der Waals surface area contributed by atoms with Gasteiger partial charge >= 0.3 is 0 Å². The molecule has 0 aromatic heterocycles. The number of aromatic hydroxyl groups is 2. The van der Waals surface area contributed by atoms with E-state index in [4.69, 9.17) is 4.74 Å². The molecule has 1 atom stereocenters. The number of phenols is 2. The molecule has 0 radical (unpaired) electrons. The van der Waals surface area contributed by atoms with Crippen LogP contribution < -0.4 is 4.74 Å². The maximum absolute atomic E-state index is 10.2. The first-order valence-electron chi connectivity index (χ1n) is 11.7. The van der Waals surface area contributed by atoms with Crippen molar-refractivity contribution in [3.8, 4) is 28.4 Å². The van der Waals surface area contributed by atoms with Crippen molar-refractivity contribution >= 4 is 10.8 Å². The zero-order valence-electron chi connectivity index (χ0n) is 18.9. The van der Waals surface area contributed by atoms with E-state index in [1.165, 1.54) is 0 Å². The van der Waals surface area contributed by atoms with Crippen molar-refractivity contribution in [1.82, 2.24) is 4.90 Å². The molecule has 0 bridgehead atoms. The van der Waals surface area contributed by atoms with Gasteiger partial charge in [-0.3, -0.25) is 4.90 Å². The normalized spacial score (nSPS) is 18.9. The van der Waals surface area contributed by atoms with Gasteiger partial charge in [0.1, 0.15) is 17.2 Å². The lowest BCUT2D eigenvalue weighted by atomic mass is 9.82. The fourth-order valence-corrected chi connectivity index (χ4v) is 5.17. The topological polar surface area (TPSA) is 52.9 Å². The fourth-order valence-electron chi connectivity index (χ4n) is 5.17. The second-order valence-electron chi connectivity index (χ2n) is 8.68. The quantitative estimate of drug-likeness (QED) is 0.365. The maximum Gasteiger partial charge on any atom is 0.190 e. The number of para-hydroxylation sites is 1. The second-order valence-corrected chi connectivity index (χ2v) is 8.68. The molecule has 0 saturated carbocycles. The number of benzene rings is 4. The van der Waals surface area contributed by atoms with Crippen molar-refractivity contribution in [2.75, 3.05) is 13.1 Å². The molecule has 0 spiro atoms. The summed E-state index contributed by atoms with van der Waals surface area (Å²) >= 11 is 0. The third kappa shape index (κ3) is 3.91. The molecule has 168 valence electrons. The SMILES string of the molecule is CCN1CCCCC1(Oc1ccccc1)c1c(-c2ccc(O)cc2)ccc2cc(O)ccc12.